The van der Waals surface area contributed by atoms with Crippen molar-refractivity contribution in [1.29, 1.82) is 0 Å². The molecule has 3 nitrogen and oxygen atoms in total. The Morgan fingerprint density at radius 3 is 2.15 bits per heavy atom. The maximum Gasteiger partial charge on any atom is 0.129 e. The molecule has 0 amide bonds. The molecule has 3 aromatic rings. The summed E-state index contributed by atoms with van der Waals surface area (Å²) in [4.78, 5) is 2.12. The molecule has 0 saturated heterocycles. The molecule has 0 fully saturated rings. The SMILES string of the molecule is CCCN(Cc1ccc(C)cc1)N=Nc1ccc(C#Cc2ccc(C#C[Si](C)(C)C)s2)cc1. The van der Waals surface area contributed by atoms with Gasteiger partial charge in [-0.15, -0.1) is 22.0 Å². The van der Waals surface area contributed by atoms with E-state index in [9.17, 15) is 0 Å². The fourth-order valence-electron chi connectivity index (χ4n) is 2.90. The standard InChI is InChI=1S/C28H31N3SSi/c1-6-20-31(22-25-9-7-23(2)8-10-25)30-29-26-14-11-24(12-15-26)13-16-27-17-18-28(32-27)19-21-33(3,4)5/h7-12,14-15,17-18H,6,20,22H2,1-5H3. The summed E-state index contributed by atoms with van der Waals surface area (Å²) < 4.78 is 0. The summed E-state index contributed by atoms with van der Waals surface area (Å²) in [5.74, 6) is 9.78. The van der Waals surface area contributed by atoms with Gasteiger partial charge in [0.2, 0.25) is 0 Å². The van der Waals surface area contributed by atoms with Gasteiger partial charge in [-0.25, -0.2) is 0 Å². The molecule has 0 unspecified atom stereocenters. The predicted molar refractivity (Wildman–Crippen MR) is 143 cm³/mol. The average Bonchev–Trinajstić information content (AvgIpc) is 3.25. The highest BCUT2D eigenvalue weighted by Gasteiger charge is 2.07. The second kappa shape index (κ2) is 11.7. The zero-order valence-electron chi connectivity index (χ0n) is 20.1. The highest BCUT2D eigenvalue weighted by Crippen LogP contribution is 2.17. The number of hydrogen-bond donors (Lipinski definition) is 0. The van der Waals surface area contributed by atoms with E-state index in [0.29, 0.717) is 0 Å². The van der Waals surface area contributed by atoms with Gasteiger partial charge >= 0.3 is 0 Å². The van der Waals surface area contributed by atoms with Crippen molar-refractivity contribution >= 4 is 25.1 Å². The molecule has 1 aromatic heterocycles. The van der Waals surface area contributed by atoms with Crippen LogP contribution in [0.15, 0.2) is 71.0 Å². The van der Waals surface area contributed by atoms with Crippen LogP contribution in [0.1, 0.15) is 39.8 Å². The molecule has 0 aliphatic carbocycles. The summed E-state index contributed by atoms with van der Waals surface area (Å²) >= 11 is 1.65. The second-order valence-electron chi connectivity index (χ2n) is 9.02. The summed E-state index contributed by atoms with van der Waals surface area (Å²) in [6.07, 6.45) is 1.02. The third kappa shape index (κ3) is 8.73. The van der Waals surface area contributed by atoms with Gasteiger partial charge in [-0.2, -0.15) is 0 Å². The van der Waals surface area contributed by atoms with Crippen LogP contribution in [-0.2, 0) is 6.54 Å². The minimum absolute atomic E-state index is 0.756. The first-order valence-electron chi connectivity index (χ1n) is 11.3. The van der Waals surface area contributed by atoms with Gasteiger partial charge in [0, 0.05) is 12.1 Å². The molecule has 1 heterocycles. The topological polar surface area (TPSA) is 28.0 Å². The first kappa shape index (κ1) is 24.5. The van der Waals surface area contributed by atoms with E-state index >= 15 is 0 Å². The van der Waals surface area contributed by atoms with Crippen molar-refractivity contribution in [2.45, 2.75) is 46.5 Å². The van der Waals surface area contributed by atoms with E-state index in [2.05, 4.69) is 97.5 Å². The summed E-state index contributed by atoms with van der Waals surface area (Å²) in [7, 11) is -1.36. The molecule has 0 aliphatic heterocycles. The van der Waals surface area contributed by atoms with Gasteiger partial charge in [0.15, 0.2) is 0 Å². The maximum atomic E-state index is 4.48. The number of thiophene rings is 1. The highest BCUT2D eigenvalue weighted by atomic mass is 32.1. The van der Waals surface area contributed by atoms with Crippen LogP contribution < -0.4 is 0 Å². The third-order valence-corrected chi connectivity index (χ3v) is 6.41. The number of aryl methyl sites for hydroxylation is 1. The van der Waals surface area contributed by atoms with Crippen LogP contribution in [0.4, 0.5) is 5.69 Å². The van der Waals surface area contributed by atoms with Crippen LogP contribution in [0.3, 0.4) is 0 Å². The zero-order valence-corrected chi connectivity index (χ0v) is 22.0. The van der Waals surface area contributed by atoms with Crippen molar-refractivity contribution < 1.29 is 0 Å². The Hall–Kier alpha value is -3.12. The first-order chi connectivity index (χ1) is 15.8. The van der Waals surface area contributed by atoms with Crippen LogP contribution in [-0.4, -0.2) is 19.6 Å². The van der Waals surface area contributed by atoms with Crippen LogP contribution in [0.25, 0.3) is 0 Å². The minimum atomic E-state index is -1.36. The fourth-order valence-corrected chi connectivity index (χ4v) is 4.21. The molecule has 5 heteroatoms. The van der Waals surface area contributed by atoms with Crippen molar-refractivity contribution in [2.24, 2.45) is 10.3 Å². The largest absolute Gasteiger partial charge is 0.274 e. The van der Waals surface area contributed by atoms with Crippen molar-refractivity contribution in [2.75, 3.05) is 6.54 Å². The lowest BCUT2D eigenvalue weighted by molar-refractivity contribution is 0.262. The van der Waals surface area contributed by atoms with Crippen molar-refractivity contribution in [1.82, 2.24) is 5.01 Å². The Morgan fingerprint density at radius 2 is 1.52 bits per heavy atom. The molecule has 0 bridgehead atoms. The lowest BCUT2D eigenvalue weighted by Gasteiger charge is -2.16. The Morgan fingerprint density at radius 1 is 0.848 bits per heavy atom. The zero-order chi connectivity index (χ0) is 23.7. The van der Waals surface area contributed by atoms with Gasteiger partial charge in [-0.3, -0.25) is 5.01 Å². The van der Waals surface area contributed by atoms with Gasteiger partial charge in [0.1, 0.15) is 8.07 Å². The molecule has 0 saturated carbocycles. The number of nitrogens with zero attached hydrogens (tertiary/aromatic N) is 3. The monoisotopic (exact) mass is 469 g/mol. The number of rotatable bonds is 6. The smallest absolute Gasteiger partial charge is 0.129 e. The van der Waals surface area contributed by atoms with Crippen LogP contribution in [0, 0.1) is 30.2 Å². The molecule has 0 atom stereocenters. The summed E-state index contributed by atoms with van der Waals surface area (Å²) in [5, 5.41) is 10.9. The molecule has 0 N–H and O–H groups in total. The lowest BCUT2D eigenvalue weighted by atomic mass is 10.1. The third-order valence-electron chi connectivity index (χ3n) is 4.62. The van der Waals surface area contributed by atoms with E-state index in [4.69, 9.17) is 0 Å². The van der Waals surface area contributed by atoms with Crippen molar-refractivity contribution in [3.8, 4) is 23.3 Å². The molecular weight excluding hydrogens is 438 g/mol. The molecule has 0 aliphatic rings. The maximum absolute atomic E-state index is 4.48. The fraction of sp³-hybridized carbons (Fsp3) is 0.286. The Labute approximate surface area is 203 Å². The van der Waals surface area contributed by atoms with Crippen LogP contribution >= 0.6 is 11.3 Å². The summed E-state index contributed by atoms with van der Waals surface area (Å²) in [6.45, 7) is 12.6. The van der Waals surface area contributed by atoms with Gasteiger partial charge in [0.05, 0.1) is 22.0 Å². The van der Waals surface area contributed by atoms with Crippen LogP contribution in [0.2, 0.25) is 19.6 Å². The highest BCUT2D eigenvalue weighted by molar-refractivity contribution is 7.13. The van der Waals surface area contributed by atoms with E-state index in [1.807, 2.05) is 35.3 Å². The van der Waals surface area contributed by atoms with E-state index < -0.39 is 8.07 Å². The Bertz CT molecular complexity index is 1190. The van der Waals surface area contributed by atoms with Gasteiger partial charge in [0.25, 0.3) is 0 Å². The lowest BCUT2D eigenvalue weighted by Crippen LogP contribution is -2.17. The molecule has 33 heavy (non-hydrogen) atoms. The van der Waals surface area contributed by atoms with E-state index in [0.717, 1.165) is 40.5 Å². The number of benzene rings is 2. The van der Waals surface area contributed by atoms with E-state index in [-0.39, 0.29) is 0 Å². The molecule has 0 spiro atoms. The Balaban J connectivity index is 1.62. The van der Waals surface area contributed by atoms with Gasteiger partial charge in [-0.1, -0.05) is 79.4 Å². The molecule has 3 rings (SSSR count). The normalized spacial score (nSPS) is 10.9. The minimum Gasteiger partial charge on any atom is -0.274 e. The second-order valence-corrected chi connectivity index (χ2v) is 14.9. The summed E-state index contributed by atoms with van der Waals surface area (Å²) in [5.41, 5.74) is 7.69. The van der Waals surface area contributed by atoms with Crippen molar-refractivity contribution in [3.63, 3.8) is 0 Å². The molecule has 0 radical (unpaired) electrons. The summed E-state index contributed by atoms with van der Waals surface area (Å²) in [6, 6.07) is 20.6. The molecule has 2 aromatic carbocycles. The first-order valence-corrected chi connectivity index (χ1v) is 15.6. The number of hydrogen-bond acceptors (Lipinski definition) is 3. The molecular formula is C28H31N3SSi. The molecule has 168 valence electrons. The van der Waals surface area contributed by atoms with Gasteiger partial charge in [-0.05, 0) is 55.3 Å². The average molecular weight is 470 g/mol. The van der Waals surface area contributed by atoms with Crippen LogP contribution in [0.5, 0.6) is 0 Å². The predicted octanol–water partition coefficient (Wildman–Crippen LogP) is 7.60. The quantitative estimate of drug-likeness (QED) is 0.158. The van der Waals surface area contributed by atoms with E-state index in [1.54, 1.807) is 11.3 Å². The van der Waals surface area contributed by atoms with Gasteiger partial charge < -0.3 is 0 Å². The van der Waals surface area contributed by atoms with Crippen molar-refractivity contribution in [3.05, 3.63) is 87.1 Å². The van der Waals surface area contributed by atoms with E-state index in [1.165, 1.54) is 11.1 Å². The Kier molecular flexibility index (Phi) is 8.66.